The predicted octanol–water partition coefficient (Wildman–Crippen LogP) is 3.26. The normalized spacial score (nSPS) is 11.2. The molecule has 0 radical (unpaired) electrons. The quantitative estimate of drug-likeness (QED) is 0.761. The molecule has 0 N–H and O–H groups in total. The molecule has 0 aromatic carbocycles. The maximum absolute atomic E-state index is 5.92. The minimum absolute atomic E-state index is 0.459. The lowest BCUT2D eigenvalue weighted by Crippen LogP contribution is -2.36. The van der Waals surface area contributed by atoms with Crippen molar-refractivity contribution < 1.29 is 0 Å². The van der Waals surface area contributed by atoms with Gasteiger partial charge in [-0.3, -0.25) is 4.98 Å². The number of nitrogens with zero attached hydrogens (tertiary/aromatic N) is 4. The van der Waals surface area contributed by atoms with E-state index >= 15 is 0 Å². The molecule has 0 bridgehead atoms. The van der Waals surface area contributed by atoms with Crippen LogP contribution in [0.5, 0.6) is 0 Å². The van der Waals surface area contributed by atoms with E-state index < -0.39 is 0 Å². The van der Waals surface area contributed by atoms with Crippen LogP contribution in [0.2, 0.25) is 0 Å². The molecule has 2 rings (SSSR count). The van der Waals surface area contributed by atoms with Gasteiger partial charge in [-0.05, 0) is 25.0 Å². The largest absolute Gasteiger partial charge is 0.352 e. The number of rotatable bonds is 6. The van der Waals surface area contributed by atoms with Crippen LogP contribution in [0.3, 0.4) is 0 Å². The summed E-state index contributed by atoms with van der Waals surface area (Å²) < 4.78 is 0. The molecular weight excluding hydrogens is 260 g/mol. The second-order valence-corrected chi connectivity index (χ2v) is 4.80. The molecule has 0 aliphatic heterocycles. The second kappa shape index (κ2) is 6.66. The lowest BCUT2D eigenvalue weighted by atomic mass is 10.1. The van der Waals surface area contributed by atoms with Crippen molar-refractivity contribution in [2.24, 2.45) is 0 Å². The van der Waals surface area contributed by atoms with Crippen molar-refractivity contribution in [3.63, 3.8) is 0 Å². The summed E-state index contributed by atoms with van der Waals surface area (Å²) in [5, 5.41) is 0. The summed E-state index contributed by atoms with van der Waals surface area (Å²) in [4.78, 5) is 15.4. The highest BCUT2D eigenvalue weighted by Crippen LogP contribution is 2.20. The van der Waals surface area contributed by atoms with Crippen molar-refractivity contribution in [2.75, 3.05) is 17.3 Å². The Bertz CT molecular complexity index is 528. The summed E-state index contributed by atoms with van der Waals surface area (Å²) in [6, 6.07) is 4.43. The first-order valence-electron chi connectivity index (χ1n) is 6.70. The van der Waals surface area contributed by atoms with E-state index in [0.717, 1.165) is 30.7 Å². The van der Waals surface area contributed by atoms with E-state index in [1.165, 1.54) is 0 Å². The number of halogens is 1. The fourth-order valence-corrected chi connectivity index (χ4v) is 2.49. The number of hydrogen-bond donors (Lipinski definition) is 0. The van der Waals surface area contributed by atoms with Gasteiger partial charge in [-0.1, -0.05) is 13.8 Å². The van der Waals surface area contributed by atoms with E-state index in [1.807, 2.05) is 12.1 Å². The Kier molecular flexibility index (Phi) is 4.91. The molecule has 5 heteroatoms. The molecule has 2 aromatic rings. The fourth-order valence-electron chi connectivity index (χ4n) is 2.31. The average molecular weight is 279 g/mol. The van der Waals surface area contributed by atoms with Gasteiger partial charge in [-0.15, -0.1) is 11.6 Å². The Hall–Kier alpha value is -1.42. The van der Waals surface area contributed by atoms with E-state index in [2.05, 4.69) is 33.7 Å². The number of anilines is 1. The lowest BCUT2D eigenvalue weighted by Gasteiger charge is -2.31. The molecule has 2 heterocycles. The van der Waals surface area contributed by atoms with Gasteiger partial charge < -0.3 is 4.90 Å². The molecule has 0 aliphatic carbocycles. The van der Waals surface area contributed by atoms with E-state index in [4.69, 9.17) is 11.6 Å². The van der Waals surface area contributed by atoms with E-state index in [-0.39, 0.29) is 0 Å². The number of hydrogen-bond acceptors (Lipinski definition) is 4. The van der Waals surface area contributed by atoms with Crippen molar-refractivity contribution in [1.82, 2.24) is 15.0 Å². The van der Waals surface area contributed by atoms with Crippen LogP contribution in [-0.4, -0.2) is 33.4 Å². The first-order valence-corrected chi connectivity index (χ1v) is 7.24. The molecule has 2 aromatic heterocycles. The predicted molar refractivity (Wildman–Crippen MR) is 79.8 cm³/mol. The molecule has 0 saturated carbocycles. The molecular formula is C14H19ClN4. The summed E-state index contributed by atoms with van der Waals surface area (Å²) in [6.07, 6.45) is 5.50. The van der Waals surface area contributed by atoms with Crippen LogP contribution in [-0.2, 0) is 0 Å². The topological polar surface area (TPSA) is 41.9 Å². The van der Waals surface area contributed by atoms with Gasteiger partial charge in [0.15, 0.2) is 5.65 Å². The van der Waals surface area contributed by atoms with Gasteiger partial charge in [0.2, 0.25) is 0 Å². The SMILES string of the molecule is CCC(CC)N(CCCl)c1ccc2nccnc2n1. The Labute approximate surface area is 118 Å². The molecule has 0 atom stereocenters. The third kappa shape index (κ3) is 3.13. The summed E-state index contributed by atoms with van der Waals surface area (Å²) in [7, 11) is 0. The molecule has 4 nitrogen and oxygen atoms in total. The zero-order valence-corrected chi connectivity index (χ0v) is 12.1. The Balaban J connectivity index is 2.37. The molecule has 0 unspecified atom stereocenters. The van der Waals surface area contributed by atoms with Crippen LogP contribution >= 0.6 is 11.6 Å². The van der Waals surface area contributed by atoms with Crippen LogP contribution in [0.4, 0.5) is 5.82 Å². The second-order valence-electron chi connectivity index (χ2n) is 4.42. The van der Waals surface area contributed by atoms with Gasteiger partial charge in [0.25, 0.3) is 0 Å². The van der Waals surface area contributed by atoms with Crippen molar-refractivity contribution in [1.29, 1.82) is 0 Å². The van der Waals surface area contributed by atoms with Crippen molar-refractivity contribution in [2.45, 2.75) is 32.7 Å². The number of pyridine rings is 1. The zero-order valence-electron chi connectivity index (χ0n) is 11.4. The van der Waals surface area contributed by atoms with Gasteiger partial charge in [0.1, 0.15) is 11.3 Å². The monoisotopic (exact) mass is 278 g/mol. The van der Waals surface area contributed by atoms with E-state index in [1.54, 1.807) is 12.4 Å². The van der Waals surface area contributed by atoms with Crippen molar-refractivity contribution in [3.8, 4) is 0 Å². The van der Waals surface area contributed by atoms with Gasteiger partial charge in [-0.25, -0.2) is 9.97 Å². The van der Waals surface area contributed by atoms with Crippen LogP contribution in [0.25, 0.3) is 11.2 Å². The van der Waals surface area contributed by atoms with Crippen LogP contribution in [0, 0.1) is 0 Å². The number of fused-ring (bicyclic) bond motifs is 1. The van der Waals surface area contributed by atoms with Gasteiger partial charge in [0, 0.05) is 30.9 Å². The van der Waals surface area contributed by atoms with Crippen molar-refractivity contribution in [3.05, 3.63) is 24.5 Å². The smallest absolute Gasteiger partial charge is 0.180 e. The number of alkyl halides is 1. The Morgan fingerprint density at radius 3 is 2.58 bits per heavy atom. The fraction of sp³-hybridized carbons (Fsp3) is 0.500. The van der Waals surface area contributed by atoms with E-state index in [9.17, 15) is 0 Å². The van der Waals surface area contributed by atoms with Gasteiger partial charge in [0.05, 0.1) is 0 Å². The highest BCUT2D eigenvalue weighted by atomic mass is 35.5. The molecule has 0 spiro atoms. The summed E-state index contributed by atoms with van der Waals surface area (Å²) >= 11 is 5.92. The minimum atomic E-state index is 0.459. The highest BCUT2D eigenvalue weighted by molar-refractivity contribution is 6.18. The highest BCUT2D eigenvalue weighted by Gasteiger charge is 2.16. The maximum atomic E-state index is 5.92. The Morgan fingerprint density at radius 1 is 1.16 bits per heavy atom. The molecule has 0 amide bonds. The average Bonchev–Trinajstić information content (AvgIpc) is 2.47. The summed E-state index contributed by atoms with van der Waals surface area (Å²) in [6.45, 7) is 5.18. The lowest BCUT2D eigenvalue weighted by molar-refractivity contribution is 0.563. The Morgan fingerprint density at radius 2 is 1.89 bits per heavy atom. The first-order chi connectivity index (χ1) is 9.30. The first kappa shape index (κ1) is 14.0. The molecule has 0 aliphatic rings. The summed E-state index contributed by atoms with van der Waals surface area (Å²) in [5.74, 6) is 1.53. The third-order valence-corrected chi connectivity index (χ3v) is 3.49. The molecule has 102 valence electrons. The van der Waals surface area contributed by atoms with Gasteiger partial charge >= 0.3 is 0 Å². The minimum Gasteiger partial charge on any atom is -0.352 e. The maximum Gasteiger partial charge on any atom is 0.180 e. The van der Waals surface area contributed by atoms with Crippen molar-refractivity contribution >= 4 is 28.6 Å². The van der Waals surface area contributed by atoms with Gasteiger partial charge in [-0.2, -0.15) is 0 Å². The third-order valence-electron chi connectivity index (χ3n) is 3.32. The standard InChI is InChI=1S/C14H19ClN4/c1-3-11(4-2)19(10-7-15)13-6-5-12-14(18-13)17-9-8-16-12/h5-6,8-9,11H,3-4,7,10H2,1-2H3. The molecule has 0 saturated heterocycles. The summed E-state index contributed by atoms with van der Waals surface area (Å²) in [5.41, 5.74) is 1.51. The molecule has 0 fully saturated rings. The van der Waals surface area contributed by atoms with E-state index in [0.29, 0.717) is 17.6 Å². The van der Waals surface area contributed by atoms with Crippen LogP contribution < -0.4 is 4.90 Å². The number of aromatic nitrogens is 3. The zero-order chi connectivity index (χ0) is 13.7. The van der Waals surface area contributed by atoms with Crippen LogP contribution in [0.15, 0.2) is 24.5 Å². The van der Waals surface area contributed by atoms with Crippen LogP contribution in [0.1, 0.15) is 26.7 Å². The molecule has 19 heavy (non-hydrogen) atoms.